The van der Waals surface area contributed by atoms with E-state index in [0.717, 1.165) is 36.2 Å². The van der Waals surface area contributed by atoms with Gasteiger partial charge in [-0.25, -0.2) is 4.98 Å². The maximum absolute atomic E-state index is 10.7. The van der Waals surface area contributed by atoms with Crippen LogP contribution in [0.4, 0.5) is 11.8 Å². The molecule has 1 aliphatic rings. The van der Waals surface area contributed by atoms with E-state index >= 15 is 0 Å². The van der Waals surface area contributed by atoms with Crippen molar-refractivity contribution < 1.29 is 15.0 Å². The third-order valence-electron chi connectivity index (χ3n) is 5.40. The van der Waals surface area contributed by atoms with Gasteiger partial charge in [0.25, 0.3) is 6.47 Å². The second kappa shape index (κ2) is 9.98. The van der Waals surface area contributed by atoms with Gasteiger partial charge in [0.1, 0.15) is 5.82 Å². The number of hydrogen-bond donors (Lipinski definition) is 2. The van der Waals surface area contributed by atoms with Gasteiger partial charge in [0.15, 0.2) is 0 Å². The highest BCUT2D eigenvalue weighted by atomic mass is 16.3. The van der Waals surface area contributed by atoms with E-state index in [1.54, 1.807) is 6.20 Å². The van der Waals surface area contributed by atoms with Crippen molar-refractivity contribution in [2.75, 3.05) is 36.5 Å². The van der Waals surface area contributed by atoms with E-state index in [0.29, 0.717) is 12.5 Å². The molecule has 30 heavy (non-hydrogen) atoms. The third-order valence-corrected chi connectivity index (χ3v) is 5.40. The van der Waals surface area contributed by atoms with E-state index in [1.165, 1.54) is 5.56 Å². The van der Waals surface area contributed by atoms with Crippen molar-refractivity contribution in [3.63, 3.8) is 0 Å². The Balaban J connectivity index is 0.000000806. The van der Waals surface area contributed by atoms with Crippen LogP contribution in [0.5, 0.6) is 0 Å². The van der Waals surface area contributed by atoms with Gasteiger partial charge in [0.05, 0.1) is 11.6 Å². The SMILES string of the molecule is CCN(C)c1ccnc(N2C[C@@H](Cc3ccnc4ccccc34)[C@@H](O)C2)n1.O=CO. The Kier molecular flexibility index (Phi) is 7.13. The Morgan fingerprint density at radius 1 is 1.17 bits per heavy atom. The van der Waals surface area contributed by atoms with Crippen molar-refractivity contribution in [3.05, 3.63) is 54.4 Å². The molecule has 2 atom stereocenters. The number of anilines is 2. The second-order valence-electron chi connectivity index (χ2n) is 7.26. The molecular formula is C22H27N5O3. The molecule has 0 unspecified atom stereocenters. The highest BCUT2D eigenvalue weighted by Crippen LogP contribution is 2.27. The largest absolute Gasteiger partial charge is 0.483 e. The Labute approximate surface area is 175 Å². The first-order chi connectivity index (χ1) is 14.6. The lowest BCUT2D eigenvalue weighted by molar-refractivity contribution is -0.122. The van der Waals surface area contributed by atoms with Crippen LogP contribution in [0.2, 0.25) is 0 Å². The normalized spacial score (nSPS) is 18.0. The van der Waals surface area contributed by atoms with Gasteiger partial charge < -0.3 is 20.0 Å². The first-order valence-corrected chi connectivity index (χ1v) is 9.95. The first kappa shape index (κ1) is 21.4. The molecule has 0 radical (unpaired) electrons. The molecule has 158 valence electrons. The maximum atomic E-state index is 10.7. The van der Waals surface area contributed by atoms with Crippen LogP contribution in [0.25, 0.3) is 10.9 Å². The highest BCUT2D eigenvalue weighted by molar-refractivity contribution is 5.81. The molecule has 8 nitrogen and oxygen atoms in total. The molecule has 3 heterocycles. The summed E-state index contributed by atoms with van der Waals surface area (Å²) in [5, 5.41) is 18.7. The monoisotopic (exact) mass is 409 g/mol. The summed E-state index contributed by atoms with van der Waals surface area (Å²) < 4.78 is 0. The van der Waals surface area contributed by atoms with Crippen LogP contribution in [0.15, 0.2) is 48.8 Å². The molecule has 1 saturated heterocycles. The smallest absolute Gasteiger partial charge is 0.290 e. The van der Waals surface area contributed by atoms with Gasteiger partial charge in [0.2, 0.25) is 5.95 Å². The summed E-state index contributed by atoms with van der Waals surface area (Å²) in [6.07, 6.45) is 4.06. The molecule has 2 aromatic heterocycles. The molecule has 2 N–H and O–H groups in total. The fourth-order valence-electron chi connectivity index (χ4n) is 3.70. The minimum Gasteiger partial charge on any atom is -0.483 e. The van der Waals surface area contributed by atoms with Gasteiger partial charge in [-0.05, 0) is 37.1 Å². The Bertz CT molecular complexity index is 978. The number of pyridine rings is 1. The zero-order chi connectivity index (χ0) is 21.5. The number of nitrogens with zero attached hydrogens (tertiary/aromatic N) is 5. The van der Waals surface area contributed by atoms with E-state index in [9.17, 15) is 5.11 Å². The minimum absolute atomic E-state index is 0.145. The lowest BCUT2D eigenvalue weighted by atomic mass is 9.94. The summed E-state index contributed by atoms with van der Waals surface area (Å²) in [5.41, 5.74) is 2.23. The first-order valence-electron chi connectivity index (χ1n) is 9.95. The predicted octanol–water partition coefficient (Wildman–Crippen LogP) is 2.22. The number of benzene rings is 1. The molecule has 0 aliphatic carbocycles. The molecule has 1 aliphatic heterocycles. The Morgan fingerprint density at radius 3 is 2.67 bits per heavy atom. The van der Waals surface area contributed by atoms with E-state index in [4.69, 9.17) is 9.90 Å². The van der Waals surface area contributed by atoms with Gasteiger partial charge in [-0.2, -0.15) is 4.98 Å². The molecule has 4 rings (SSSR count). The number of carbonyl (C=O) groups is 1. The number of aromatic nitrogens is 3. The third kappa shape index (κ3) is 4.83. The van der Waals surface area contributed by atoms with Gasteiger partial charge in [0, 0.05) is 50.4 Å². The summed E-state index contributed by atoms with van der Waals surface area (Å²) in [6.45, 7) is 4.04. The number of β-amino-alcohol motifs (C(OH)–C–C–N with tert-alkyl or cyclic N) is 1. The molecule has 1 aromatic carbocycles. The van der Waals surface area contributed by atoms with E-state index in [1.807, 2.05) is 37.5 Å². The zero-order valence-electron chi connectivity index (χ0n) is 17.2. The summed E-state index contributed by atoms with van der Waals surface area (Å²) in [4.78, 5) is 26.1. The van der Waals surface area contributed by atoms with Gasteiger partial charge >= 0.3 is 0 Å². The van der Waals surface area contributed by atoms with Gasteiger partial charge in [-0.15, -0.1) is 0 Å². The summed E-state index contributed by atoms with van der Waals surface area (Å²) in [6, 6.07) is 12.1. The van der Waals surface area contributed by atoms with Crippen molar-refractivity contribution >= 4 is 29.1 Å². The van der Waals surface area contributed by atoms with Crippen LogP contribution in [-0.4, -0.2) is 64.4 Å². The molecule has 8 heteroatoms. The molecule has 0 amide bonds. The molecule has 0 saturated carbocycles. The summed E-state index contributed by atoms with van der Waals surface area (Å²) in [7, 11) is 2.02. The van der Waals surface area contributed by atoms with Crippen molar-refractivity contribution in [2.24, 2.45) is 5.92 Å². The lowest BCUT2D eigenvalue weighted by Gasteiger charge is -2.20. The van der Waals surface area contributed by atoms with Crippen molar-refractivity contribution in [1.29, 1.82) is 0 Å². The lowest BCUT2D eigenvalue weighted by Crippen LogP contribution is -2.25. The van der Waals surface area contributed by atoms with Crippen LogP contribution in [0.1, 0.15) is 12.5 Å². The standard InChI is InChI=1S/C21H25N5O.CH2O2/c1-3-25(2)20-9-11-23-21(24-20)26-13-16(19(27)14-26)12-15-8-10-22-18-7-5-4-6-17(15)18;2-1-3/h4-11,16,19,27H,3,12-14H2,1-2H3;1H,(H,2,3)/t16-,19+;/m1./s1. The number of rotatable bonds is 5. The molecular weight excluding hydrogens is 382 g/mol. The van der Waals surface area contributed by atoms with Crippen LogP contribution in [0.3, 0.4) is 0 Å². The summed E-state index contributed by atoms with van der Waals surface area (Å²) >= 11 is 0. The van der Waals surface area contributed by atoms with E-state index in [2.05, 4.69) is 43.8 Å². The number of hydrogen-bond acceptors (Lipinski definition) is 7. The fraction of sp³-hybridized carbons (Fsp3) is 0.364. The minimum atomic E-state index is -0.395. The number of fused-ring (bicyclic) bond motifs is 1. The van der Waals surface area contributed by atoms with Gasteiger partial charge in [-0.1, -0.05) is 18.2 Å². The Hall–Kier alpha value is -3.26. The number of aliphatic hydroxyl groups excluding tert-OH is 1. The van der Waals surface area contributed by atoms with E-state index in [-0.39, 0.29) is 12.4 Å². The van der Waals surface area contributed by atoms with Crippen LogP contribution in [-0.2, 0) is 11.2 Å². The van der Waals surface area contributed by atoms with E-state index < -0.39 is 6.10 Å². The zero-order valence-corrected chi connectivity index (χ0v) is 17.2. The topological polar surface area (TPSA) is 103 Å². The quantitative estimate of drug-likeness (QED) is 0.619. The van der Waals surface area contributed by atoms with Crippen LogP contribution >= 0.6 is 0 Å². The van der Waals surface area contributed by atoms with Crippen molar-refractivity contribution in [3.8, 4) is 0 Å². The number of aliphatic hydroxyl groups is 1. The average Bonchev–Trinajstić information content (AvgIpc) is 3.14. The molecule has 1 fully saturated rings. The number of carboxylic acid groups (broad SMARTS) is 1. The molecule has 3 aromatic rings. The number of para-hydroxylation sites is 1. The van der Waals surface area contributed by atoms with Crippen LogP contribution < -0.4 is 9.80 Å². The van der Waals surface area contributed by atoms with Crippen molar-refractivity contribution in [1.82, 2.24) is 15.0 Å². The molecule has 0 bridgehead atoms. The fourth-order valence-corrected chi connectivity index (χ4v) is 3.70. The predicted molar refractivity (Wildman–Crippen MR) is 117 cm³/mol. The average molecular weight is 409 g/mol. The highest BCUT2D eigenvalue weighted by Gasteiger charge is 2.33. The van der Waals surface area contributed by atoms with Crippen molar-refractivity contribution in [2.45, 2.75) is 19.4 Å². The molecule has 0 spiro atoms. The maximum Gasteiger partial charge on any atom is 0.290 e. The second-order valence-corrected chi connectivity index (χ2v) is 7.26. The Morgan fingerprint density at radius 2 is 1.90 bits per heavy atom. The van der Waals surface area contributed by atoms with Gasteiger partial charge in [-0.3, -0.25) is 9.78 Å². The summed E-state index contributed by atoms with van der Waals surface area (Å²) in [5.74, 6) is 1.74. The van der Waals surface area contributed by atoms with Crippen LogP contribution in [0, 0.1) is 5.92 Å².